The van der Waals surface area contributed by atoms with Gasteiger partial charge in [-0.25, -0.2) is 14.4 Å². The van der Waals surface area contributed by atoms with E-state index >= 15 is 0 Å². The third-order valence-corrected chi connectivity index (χ3v) is 3.76. The van der Waals surface area contributed by atoms with E-state index in [2.05, 4.69) is 20.6 Å². The summed E-state index contributed by atoms with van der Waals surface area (Å²) in [7, 11) is 0. The van der Waals surface area contributed by atoms with E-state index in [9.17, 15) is 9.18 Å². The minimum atomic E-state index is -0.450. The molecule has 5 nitrogen and oxygen atoms in total. The molecule has 0 radical (unpaired) electrons. The van der Waals surface area contributed by atoms with E-state index < -0.39 is 5.91 Å². The fourth-order valence-corrected chi connectivity index (χ4v) is 2.35. The largest absolute Gasteiger partial charge is 0.339 e. The third-order valence-electron chi connectivity index (χ3n) is 3.19. The van der Waals surface area contributed by atoms with Gasteiger partial charge in [0.2, 0.25) is 0 Å². The molecule has 0 atom stereocenters. The van der Waals surface area contributed by atoms with Gasteiger partial charge in [0.1, 0.15) is 23.7 Å². The Morgan fingerprint density at radius 2 is 1.76 bits per heavy atom. The van der Waals surface area contributed by atoms with Gasteiger partial charge in [-0.3, -0.25) is 4.79 Å². The van der Waals surface area contributed by atoms with E-state index in [1.807, 2.05) is 0 Å². The maximum atomic E-state index is 12.9. The monoisotopic (exact) mass is 376 g/mol. The van der Waals surface area contributed by atoms with Gasteiger partial charge in [-0.2, -0.15) is 0 Å². The van der Waals surface area contributed by atoms with Crippen molar-refractivity contribution in [3.8, 4) is 0 Å². The predicted octanol–water partition coefficient (Wildman–Crippen LogP) is 4.92. The molecule has 3 rings (SSSR count). The molecule has 25 heavy (non-hydrogen) atoms. The Balaban J connectivity index is 1.77. The van der Waals surface area contributed by atoms with Crippen LogP contribution in [-0.4, -0.2) is 15.9 Å². The van der Waals surface area contributed by atoms with Crippen LogP contribution in [0.25, 0.3) is 0 Å². The lowest BCUT2D eigenvalue weighted by atomic mass is 10.3. The lowest BCUT2D eigenvalue weighted by Gasteiger charge is -2.09. The first kappa shape index (κ1) is 17.1. The topological polar surface area (TPSA) is 66.9 Å². The van der Waals surface area contributed by atoms with Gasteiger partial charge in [-0.05, 0) is 42.5 Å². The molecular weight excluding hydrogens is 366 g/mol. The second-order valence-corrected chi connectivity index (χ2v) is 5.84. The summed E-state index contributed by atoms with van der Waals surface area (Å²) < 4.78 is 12.9. The van der Waals surface area contributed by atoms with Gasteiger partial charge < -0.3 is 10.6 Å². The Morgan fingerprint density at radius 1 is 1.00 bits per heavy atom. The van der Waals surface area contributed by atoms with Crippen molar-refractivity contribution in [2.24, 2.45) is 0 Å². The van der Waals surface area contributed by atoms with Gasteiger partial charge in [0.15, 0.2) is 0 Å². The summed E-state index contributed by atoms with van der Waals surface area (Å²) in [5.41, 5.74) is 1.15. The number of carbonyl (C=O) groups is 1. The molecule has 0 aliphatic heterocycles. The van der Waals surface area contributed by atoms with Crippen molar-refractivity contribution in [3.05, 3.63) is 76.4 Å². The number of rotatable bonds is 4. The molecule has 3 aromatic rings. The van der Waals surface area contributed by atoms with E-state index in [4.69, 9.17) is 23.2 Å². The summed E-state index contributed by atoms with van der Waals surface area (Å²) in [6.45, 7) is 0. The number of aromatic nitrogens is 2. The normalized spacial score (nSPS) is 10.4. The Labute approximate surface area is 152 Å². The van der Waals surface area contributed by atoms with Crippen molar-refractivity contribution in [3.63, 3.8) is 0 Å². The number of benzene rings is 2. The number of halogens is 3. The molecule has 1 aromatic heterocycles. The average molecular weight is 377 g/mol. The summed E-state index contributed by atoms with van der Waals surface area (Å²) in [6.07, 6.45) is 1.25. The highest BCUT2D eigenvalue weighted by molar-refractivity contribution is 6.35. The zero-order valence-electron chi connectivity index (χ0n) is 12.6. The molecule has 126 valence electrons. The Bertz CT molecular complexity index is 919. The van der Waals surface area contributed by atoms with E-state index in [0.29, 0.717) is 27.2 Å². The molecule has 1 amide bonds. The molecule has 0 spiro atoms. The molecule has 0 fully saturated rings. The van der Waals surface area contributed by atoms with Gasteiger partial charge in [-0.15, -0.1) is 0 Å². The summed E-state index contributed by atoms with van der Waals surface area (Å²) in [5.74, 6) is -0.456. The number of amides is 1. The second kappa shape index (κ2) is 7.46. The fraction of sp³-hybridized carbons (Fsp3) is 0. The predicted molar refractivity (Wildman–Crippen MR) is 96.1 cm³/mol. The van der Waals surface area contributed by atoms with Gasteiger partial charge >= 0.3 is 0 Å². The quantitative estimate of drug-likeness (QED) is 0.678. The SMILES string of the molecule is O=C(Nc1ccc(F)cc1)c1cc(Nc2cc(Cl)ccc2Cl)ncn1. The van der Waals surface area contributed by atoms with E-state index in [-0.39, 0.29) is 11.5 Å². The van der Waals surface area contributed by atoms with Gasteiger partial charge in [0, 0.05) is 16.8 Å². The Kier molecular flexibility index (Phi) is 5.11. The molecule has 0 aliphatic carbocycles. The first-order valence-electron chi connectivity index (χ1n) is 7.12. The van der Waals surface area contributed by atoms with Crippen LogP contribution in [-0.2, 0) is 0 Å². The third kappa shape index (κ3) is 4.43. The molecule has 2 N–H and O–H groups in total. The van der Waals surface area contributed by atoms with Crippen LogP contribution in [0.5, 0.6) is 0 Å². The molecular formula is C17H11Cl2FN4O. The smallest absolute Gasteiger partial charge is 0.274 e. The number of nitrogens with zero attached hydrogens (tertiary/aromatic N) is 2. The lowest BCUT2D eigenvalue weighted by Crippen LogP contribution is -2.14. The average Bonchev–Trinajstić information content (AvgIpc) is 2.60. The summed E-state index contributed by atoms with van der Waals surface area (Å²) in [6, 6.07) is 11.8. The summed E-state index contributed by atoms with van der Waals surface area (Å²) >= 11 is 12.0. The highest BCUT2D eigenvalue weighted by atomic mass is 35.5. The minimum absolute atomic E-state index is 0.139. The van der Waals surface area contributed by atoms with Crippen LogP contribution in [0.3, 0.4) is 0 Å². The van der Waals surface area contributed by atoms with Gasteiger partial charge in [0.05, 0.1) is 10.7 Å². The van der Waals surface area contributed by atoms with Gasteiger partial charge in [-0.1, -0.05) is 23.2 Å². The highest BCUT2D eigenvalue weighted by Gasteiger charge is 2.10. The van der Waals surface area contributed by atoms with Crippen molar-refractivity contribution in [1.29, 1.82) is 0 Å². The molecule has 8 heteroatoms. The molecule has 0 unspecified atom stereocenters. The first-order valence-corrected chi connectivity index (χ1v) is 7.88. The number of hydrogen-bond donors (Lipinski definition) is 2. The van der Waals surface area contributed by atoms with Crippen LogP contribution < -0.4 is 10.6 Å². The van der Waals surface area contributed by atoms with Crippen LogP contribution in [0.2, 0.25) is 10.0 Å². The maximum Gasteiger partial charge on any atom is 0.274 e. The standard InChI is InChI=1S/C17H11Cl2FN4O/c18-10-1-6-13(19)14(7-10)24-16-8-15(21-9-22-16)17(25)23-12-4-2-11(20)3-5-12/h1-9H,(H,23,25)(H,21,22,24). The Hall–Kier alpha value is -2.70. The van der Waals surface area contributed by atoms with Crippen LogP contribution in [0.1, 0.15) is 10.5 Å². The fourth-order valence-electron chi connectivity index (χ4n) is 2.01. The zero-order chi connectivity index (χ0) is 17.8. The van der Waals surface area contributed by atoms with Crippen LogP contribution in [0, 0.1) is 5.82 Å². The van der Waals surface area contributed by atoms with Crippen LogP contribution >= 0.6 is 23.2 Å². The van der Waals surface area contributed by atoms with Crippen molar-refractivity contribution in [2.45, 2.75) is 0 Å². The maximum absolute atomic E-state index is 12.9. The molecule has 0 aliphatic rings. The van der Waals surface area contributed by atoms with Crippen LogP contribution in [0.4, 0.5) is 21.6 Å². The van der Waals surface area contributed by atoms with Crippen LogP contribution in [0.15, 0.2) is 54.9 Å². The molecule has 2 aromatic carbocycles. The van der Waals surface area contributed by atoms with Gasteiger partial charge in [0.25, 0.3) is 5.91 Å². The summed E-state index contributed by atoms with van der Waals surface area (Å²) in [5, 5.41) is 6.58. The number of carbonyl (C=O) groups excluding carboxylic acids is 1. The van der Waals surface area contributed by atoms with E-state index in [1.54, 1.807) is 18.2 Å². The van der Waals surface area contributed by atoms with Crippen molar-refractivity contribution in [2.75, 3.05) is 10.6 Å². The molecule has 0 bridgehead atoms. The van der Waals surface area contributed by atoms with Crippen molar-refractivity contribution < 1.29 is 9.18 Å². The molecule has 1 heterocycles. The van der Waals surface area contributed by atoms with Crippen molar-refractivity contribution >= 4 is 46.3 Å². The zero-order valence-corrected chi connectivity index (χ0v) is 14.1. The van der Waals surface area contributed by atoms with Crippen molar-refractivity contribution in [1.82, 2.24) is 9.97 Å². The minimum Gasteiger partial charge on any atom is -0.339 e. The molecule has 0 saturated carbocycles. The summed E-state index contributed by atoms with van der Waals surface area (Å²) in [4.78, 5) is 20.2. The number of anilines is 3. The first-order chi connectivity index (χ1) is 12.0. The number of hydrogen-bond acceptors (Lipinski definition) is 4. The van der Waals surface area contributed by atoms with E-state index in [0.717, 1.165) is 0 Å². The lowest BCUT2D eigenvalue weighted by molar-refractivity contribution is 0.102. The highest BCUT2D eigenvalue weighted by Crippen LogP contribution is 2.27. The van der Waals surface area contributed by atoms with E-state index in [1.165, 1.54) is 36.7 Å². The second-order valence-electron chi connectivity index (χ2n) is 5.00. The Morgan fingerprint density at radius 3 is 2.52 bits per heavy atom. The number of nitrogens with one attached hydrogen (secondary N) is 2. The molecule has 0 saturated heterocycles.